The maximum Gasteiger partial charge on any atom is 0.258 e. The number of ether oxygens (including phenoxy) is 1. The van der Waals surface area contributed by atoms with Crippen molar-refractivity contribution < 1.29 is 13.9 Å². The van der Waals surface area contributed by atoms with Crippen LogP contribution in [0.5, 0.6) is 5.75 Å². The maximum absolute atomic E-state index is 12.1. The number of para-hydroxylation sites is 1. The number of rotatable bonds is 5. The molecule has 0 aliphatic heterocycles. The lowest BCUT2D eigenvalue weighted by molar-refractivity contribution is -0.123. The number of carbonyl (C=O) groups excluding carboxylic acids is 1. The van der Waals surface area contributed by atoms with Gasteiger partial charge in [-0.2, -0.15) is 0 Å². The zero-order valence-electron chi connectivity index (χ0n) is 13.5. The predicted molar refractivity (Wildman–Crippen MR) is 94.5 cm³/mol. The minimum absolute atomic E-state index is 0.103. The number of aryl methyl sites for hydroxylation is 1. The van der Waals surface area contributed by atoms with E-state index in [1.807, 2.05) is 50.2 Å². The summed E-state index contributed by atoms with van der Waals surface area (Å²) < 4.78 is 11.3. The molecule has 0 aliphatic rings. The molecule has 4 nitrogen and oxygen atoms in total. The van der Waals surface area contributed by atoms with Gasteiger partial charge >= 0.3 is 0 Å². The zero-order valence-corrected chi connectivity index (χ0v) is 14.3. The number of nitrogens with one attached hydrogen (secondary N) is 1. The third-order valence-corrected chi connectivity index (χ3v) is 4.01. The van der Waals surface area contributed by atoms with Crippen LogP contribution in [-0.4, -0.2) is 12.5 Å². The van der Waals surface area contributed by atoms with Crippen molar-refractivity contribution in [3.05, 3.63) is 64.9 Å². The number of furan rings is 1. The highest BCUT2D eigenvalue weighted by atomic mass is 35.5. The molecule has 24 heavy (non-hydrogen) atoms. The highest BCUT2D eigenvalue weighted by Crippen LogP contribution is 2.26. The van der Waals surface area contributed by atoms with E-state index in [9.17, 15) is 4.79 Å². The van der Waals surface area contributed by atoms with Gasteiger partial charge in [0.2, 0.25) is 0 Å². The molecule has 0 fully saturated rings. The summed E-state index contributed by atoms with van der Waals surface area (Å²) in [5, 5.41) is 4.36. The first-order chi connectivity index (χ1) is 11.5. The van der Waals surface area contributed by atoms with E-state index in [2.05, 4.69) is 5.32 Å². The fraction of sp³-hybridized carbons (Fsp3) is 0.211. The molecule has 124 valence electrons. The minimum Gasteiger partial charge on any atom is -0.482 e. The van der Waals surface area contributed by atoms with Crippen molar-refractivity contribution in [1.82, 2.24) is 5.32 Å². The maximum atomic E-state index is 12.1. The van der Waals surface area contributed by atoms with Gasteiger partial charge in [-0.1, -0.05) is 35.9 Å². The fourth-order valence-corrected chi connectivity index (χ4v) is 2.61. The van der Waals surface area contributed by atoms with E-state index < -0.39 is 0 Å². The van der Waals surface area contributed by atoms with E-state index in [0.717, 1.165) is 16.5 Å². The molecular weight excluding hydrogens is 326 g/mol. The molecule has 0 radical (unpaired) electrons. The van der Waals surface area contributed by atoms with Gasteiger partial charge in [0.05, 0.1) is 11.1 Å². The van der Waals surface area contributed by atoms with Crippen LogP contribution in [0.3, 0.4) is 0 Å². The van der Waals surface area contributed by atoms with Crippen LogP contribution in [-0.2, 0) is 4.79 Å². The number of hydrogen-bond donors (Lipinski definition) is 1. The molecule has 3 rings (SSSR count). The van der Waals surface area contributed by atoms with Gasteiger partial charge in [0, 0.05) is 5.39 Å². The third-order valence-electron chi connectivity index (χ3n) is 3.69. The third kappa shape index (κ3) is 3.71. The van der Waals surface area contributed by atoms with Crippen molar-refractivity contribution in [1.29, 1.82) is 0 Å². The summed E-state index contributed by atoms with van der Waals surface area (Å²) in [6.45, 7) is 3.70. The summed E-state index contributed by atoms with van der Waals surface area (Å²) >= 11 is 6.05. The van der Waals surface area contributed by atoms with Gasteiger partial charge in [-0.15, -0.1) is 0 Å². The molecule has 0 saturated carbocycles. The van der Waals surface area contributed by atoms with Crippen molar-refractivity contribution in [2.24, 2.45) is 0 Å². The average molecular weight is 344 g/mol. The van der Waals surface area contributed by atoms with Crippen LogP contribution in [0.25, 0.3) is 11.0 Å². The Hall–Kier alpha value is -2.46. The minimum atomic E-state index is -0.249. The van der Waals surface area contributed by atoms with Crippen LogP contribution >= 0.6 is 11.6 Å². The van der Waals surface area contributed by atoms with Crippen molar-refractivity contribution in [2.45, 2.75) is 19.9 Å². The normalized spacial score (nSPS) is 12.1. The largest absolute Gasteiger partial charge is 0.482 e. The van der Waals surface area contributed by atoms with Gasteiger partial charge in [0.15, 0.2) is 6.61 Å². The highest BCUT2D eigenvalue weighted by Gasteiger charge is 2.15. The lowest BCUT2D eigenvalue weighted by Gasteiger charge is -2.13. The number of benzene rings is 2. The Labute approximate surface area is 145 Å². The molecule has 1 aromatic heterocycles. The van der Waals surface area contributed by atoms with Gasteiger partial charge in [-0.05, 0) is 43.7 Å². The number of amides is 1. The quantitative estimate of drug-likeness (QED) is 0.733. The standard InChI is InChI=1S/C19H18ClNO3/c1-12-7-8-15(20)18(9-12)23-11-19(22)21-13(2)17-10-14-5-3-4-6-16(14)24-17/h3-10,13H,11H2,1-2H3,(H,21,22). The van der Waals surface area contributed by atoms with Crippen LogP contribution in [0.4, 0.5) is 0 Å². The zero-order chi connectivity index (χ0) is 17.1. The van der Waals surface area contributed by atoms with Gasteiger partial charge < -0.3 is 14.5 Å². The number of carbonyl (C=O) groups is 1. The molecule has 0 spiro atoms. The van der Waals surface area contributed by atoms with Crippen LogP contribution in [0.2, 0.25) is 5.02 Å². The smallest absolute Gasteiger partial charge is 0.258 e. The van der Waals surface area contributed by atoms with E-state index in [0.29, 0.717) is 16.5 Å². The van der Waals surface area contributed by atoms with Crippen molar-refractivity contribution in [2.75, 3.05) is 6.61 Å². The van der Waals surface area contributed by atoms with Gasteiger partial charge in [-0.25, -0.2) is 0 Å². The van der Waals surface area contributed by atoms with E-state index >= 15 is 0 Å². The summed E-state index contributed by atoms with van der Waals surface area (Å²) in [4.78, 5) is 12.1. The Morgan fingerprint density at radius 2 is 2.04 bits per heavy atom. The molecule has 0 bridgehead atoms. The predicted octanol–water partition coefficient (Wildman–Crippen LogP) is 4.65. The second kappa shape index (κ2) is 6.97. The highest BCUT2D eigenvalue weighted by molar-refractivity contribution is 6.32. The van der Waals surface area contributed by atoms with Gasteiger partial charge in [0.1, 0.15) is 17.1 Å². The van der Waals surface area contributed by atoms with Gasteiger partial charge in [0.25, 0.3) is 5.91 Å². The van der Waals surface area contributed by atoms with E-state index in [1.165, 1.54) is 0 Å². The SMILES string of the molecule is Cc1ccc(Cl)c(OCC(=O)NC(C)c2cc3ccccc3o2)c1. The molecular formula is C19H18ClNO3. The van der Waals surface area contributed by atoms with Crippen LogP contribution in [0.15, 0.2) is 52.9 Å². The topological polar surface area (TPSA) is 51.5 Å². The summed E-state index contributed by atoms with van der Waals surface area (Å²) in [5.74, 6) is 0.974. The summed E-state index contributed by atoms with van der Waals surface area (Å²) in [7, 11) is 0. The van der Waals surface area contributed by atoms with Crippen LogP contribution in [0.1, 0.15) is 24.3 Å². The summed E-state index contributed by atoms with van der Waals surface area (Å²) in [6.07, 6.45) is 0. The Bertz CT molecular complexity index is 839. The van der Waals surface area contributed by atoms with Crippen molar-refractivity contribution in [3.8, 4) is 5.75 Å². The first-order valence-electron chi connectivity index (χ1n) is 7.70. The number of hydrogen-bond acceptors (Lipinski definition) is 3. The molecule has 1 heterocycles. The van der Waals surface area contributed by atoms with E-state index in [-0.39, 0.29) is 18.6 Å². The molecule has 1 unspecified atom stereocenters. The van der Waals surface area contributed by atoms with Crippen LogP contribution < -0.4 is 10.1 Å². The Morgan fingerprint density at radius 1 is 1.25 bits per heavy atom. The molecule has 3 aromatic rings. The molecule has 5 heteroatoms. The molecule has 2 aromatic carbocycles. The first-order valence-corrected chi connectivity index (χ1v) is 8.07. The Kier molecular flexibility index (Phi) is 4.76. The molecule has 0 saturated heterocycles. The van der Waals surface area contributed by atoms with Crippen molar-refractivity contribution >= 4 is 28.5 Å². The first kappa shape index (κ1) is 16.4. The Balaban J connectivity index is 1.60. The van der Waals surface area contributed by atoms with Crippen LogP contribution in [0, 0.1) is 6.92 Å². The molecule has 1 atom stereocenters. The summed E-state index contributed by atoms with van der Waals surface area (Å²) in [5.41, 5.74) is 1.82. The van der Waals surface area contributed by atoms with E-state index in [1.54, 1.807) is 12.1 Å². The molecule has 0 aliphatic carbocycles. The second-order valence-corrected chi connectivity index (χ2v) is 6.11. The summed E-state index contributed by atoms with van der Waals surface area (Å²) in [6, 6.07) is 14.9. The second-order valence-electron chi connectivity index (χ2n) is 5.70. The molecule has 1 N–H and O–H groups in total. The lowest BCUT2D eigenvalue weighted by Crippen LogP contribution is -2.31. The van der Waals surface area contributed by atoms with Crippen molar-refractivity contribution in [3.63, 3.8) is 0 Å². The number of fused-ring (bicyclic) bond motifs is 1. The lowest BCUT2D eigenvalue weighted by atomic mass is 10.2. The monoisotopic (exact) mass is 343 g/mol. The number of halogens is 1. The van der Waals surface area contributed by atoms with E-state index in [4.69, 9.17) is 20.8 Å². The Morgan fingerprint density at radius 3 is 2.83 bits per heavy atom. The molecule has 1 amide bonds. The fourth-order valence-electron chi connectivity index (χ4n) is 2.43. The van der Waals surface area contributed by atoms with Gasteiger partial charge in [-0.3, -0.25) is 4.79 Å². The average Bonchev–Trinajstić information content (AvgIpc) is 3.00.